The smallest absolute Gasteiger partial charge is 0.190 e. The second-order valence-electron chi connectivity index (χ2n) is 3.62. The summed E-state index contributed by atoms with van der Waals surface area (Å²) in [6.45, 7) is 0.803. The van der Waals surface area contributed by atoms with Crippen LogP contribution in [-0.2, 0) is 6.54 Å². The molecule has 0 aliphatic rings. The minimum absolute atomic E-state index is 0.476. The highest BCUT2D eigenvalue weighted by Crippen LogP contribution is 2.24. The third-order valence-corrected chi connectivity index (χ3v) is 4.67. The highest BCUT2D eigenvalue weighted by Gasteiger charge is 2.09. The second-order valence-corrected chi connectivity index (χ2v) is 6.69. The molecule has 0 saturated carbocycles. The molecular weight excluding hydrogens is 354 g/mol. The van der Waals surface area contributed by atoms with Gasteiger partial charge in [0.15, 0.2) is 5.16 Å². The molecular formula is C11H11BrClN3S2. The van der Waals surface area contributed by atoms with Gasteiger partial charge in [0.05, 0.1) is 6.54 Å². The van der Waals surface area contributed by atoms with E-state index < -0.39 is 0 Å². The van der Waals surface area contributed by atoms with Crippen molar-refractivity contribution >= 4 is 56.4 Å². The van der Waals surface area contributed by atoms with Crippen LogP contribution in [0.2, 0.25) is 5.15 Å². The summed E-state index contributed by atoms with van der Waals surface area (Å²) in [7, 11) is 2.00. The highest BCUT2D eigenvalue weighted by molar-refractivity contribution is 9.10. The summed E-state index contributed by atoms with van der Waals surface area (Å²) in [6.07, 6.45) is 1.94. The molecule has 0 radical (unpaired) electrons. The fourth-order valence-electron chi connectivity index (χ4n) is 1.42. The van der Waals surface area contributed by atoms with Crippen molar-refractivity contribution in [1.29, 1.82) is 0 Å². The molecule has 0 aromatic carbocycles. The van der Waals surface area contributed by atoms with Crippen LogP contribution in [0, 0.1) is 0 Å². The van der Waals surface area contributed by atoms with E-state index in [-0.39, 0.29) is 0 Å². The molecule has 0 spiro atoms. The Morgan fingerprint density at radius 2 is 2.22 bits per heavy atom. The lowest BCUT2D eigenvalue weighted by molar-refractivity contribution is 0.865. The normalized spacial score (nSPS) is 10.7. The Kier molecular flexibility index (Phi) is 4.89. The molecule has 2 aromatic rings. The zero-order chi connectivity index (χ0) is 13.1. The van der Waals surface area contributed by atoms with Crippen molar-refractivity contribution in [1.82, 2.24) is 9.97 Å². The molecule has 2 heterocycles. The van der Waals surface area contributed by atoms with Crippen LogP contribution in [0.5, 0.6) is 0 Å². The zero-order valence-corrected chi connectivity index (χ0v) is 13.8. The van der Waals surface area contributed by atoms with Crippen LogP contribution < -0.4 is 4.90 Å². The van der Waals surface area contributed by atoms with E-state index in [2.05, 4.69) is 42.2 Å². The third-order valence-electron chi connectivity index (χ3n) is 2.25. The summed E-state index contributed by atoms with van der Waals surface area (Å²) in [5.74, 6) is 0.837. The van der Waals surface area contributed by atoms with Crippen LogP contribution in [0.4, 0.5) is 5.82 Å². The maximum Gasteiger partial charge on any atom is 0.190 e. The Morgan fingerprint density at radius 1 is 1.44 bits per heavy atom. The molecule has 18 heavy (non-hydrogen) atoms. The third kappa shape index (κ3) is 3.60. The molecule has 0 atom stereocenters. The molecule has 0 bridgehead atoms. The summed E-state index contributed by atoms with van der Waals surface area (Å²) in [5.41, 5.74) is 0. The Hall–Kier alpha value is -0.300. The molecule has 0 amide bonds. The van der Waals surface area contributed by atoms with E-state index in [1.165, 1.54) is 16.6 Å². The van der Waals surface area contributed by atoms with Gasteiger partial charge in [-0.3, -0.25) is 0 Å². The van der Waals surface area contributed by atoms with Gasteiger partial charge in [0.1, 0.15) is 11.0 Å². The molecule has 2 aromatic heterocycles. The van der Waals surface area contributed by atoms with Crippen molar-refractivity contribution in [3.8, 4) is 0 Å². The monoisotopic (exact) mass is 363 g/mol. The number of halogens is 2. The van der Waals surface area contributed by atoms with Crippen LogP contribution in [0.1, 0.15) is 4.88 Å². The Balaban J connectivity index is 2.17. The van der Waals surface area contributed by atoms with Crippen LogP contribution in [0.15, 0.2) is 27.1 Å². The summed E-state index contributed by atoms with van der Waals surface area (Å²) in [5, 5.41) is 3.24. The fourth-order valence-corrected chi connectivity index (χ4v) is 3.53. The van der Waals surface area contributed by atoms with Gasteiger partial charge in [-0.1, -0.05) is 23.4 Å². The summed E-state index contributed by atoms with van der Waals surface area (Å²) in [4.78, 5) is 11.9. The molecule has 0 aliphatic heterocycles. The Morgan fingerprint density at radius 3 is 2.83 bits per heavy atom. The number of rotatable bonds is 4. The van der Waals surface area contributed by atoms with Crippen molar-refractivity contribution < 1.29 is 0 Å². The minimum atomic E-state index is 0.476. The number of hydrogen-bond donors (Lipinski definition) is 0. The lowest BCUT2D eigenvalue weighted by Crippen LogP contribution is -2.17. The summed E-state index contributed by atoms with van der Waals surface area (Å²) in [6, 6.07) is 3.89. The van der Waals surface area contributed by atoms with E-state index in [1.54, 1.807) is 17.4 Å². The van der Waals surface area contributed by atoms with Gasteiger partial charge in [-0.25, -0.2) is 9.97 Å². The number of thioether (sulfide) groups is 1. The lowest BCUT2D eigenvalue weighted by atomic mass is 10.4. The molecule has 0 fully saturated rings. The SMILES string of the molecule is CSc1nc(Cl)cc(N(C)Cc2cc(Br)cs2)n1. The summed E-state index contributed by atoms with van der Waals surface area (Å²) >= 11 is 12.6. The van der Waals surface area contributed by atoms with Crippen molar-refractivity contribution in [2.24, 2.45) is 0 Å². The van der Waals surface area contributed by atoms with Gasteiger partial charge in [-0.2, -0.15) is 0 Å². The van der Waals surface area contributed by atoms with E-state index in [9.17, 15) is 0 Å². The Bertz CT molecular complexity index is 547. The van der Waals surface area contributed by atoms with Crippen LogP contribution in [-0.4, -0.2) is 23.3 Å². The molecule has 0 N–H and O–H groups in total. The van der Waals surface area contributed by atoms with Gasteiger partial charge in [0, 0.05) is 27.8 Å². The van der Waals surface area contributed by atoms with E-state index in [4.69, 9.17) is 11.6 Å². The first-order valence-electron chi connectivity index (χ1n) is 5.11. The number of aromatic nitrogens is 2. The van der Waals surface area contributed by atoms with Gasteiger partial charge >= 0.3 is 0 Å². The van der Waals surface area contributed by atoms with E-state index >= 15 is 0 Å². The number of nitrogens with zero attached hydrogens (tertiary/aromatic N) is 3. The molecule has 0 aliphatic carbocycles. The topological polar surface area (TPSA) is 29.0 Å². The first kappa shape index (κ1) is 14.1. The summed E-state index contributed by atoms with van der Waals surface area (Å²) < 4.78 is 1.11. The van der Waals surface area contributed by atoms with Gasteiger partial charge < -0.3 is 4.90 Å². The first-order chi connectivity index (χ1) is 8.58. The van der Waals surface area contributed by atoms with Gasteiger partial charge in [0.2, 0.25) is 0 Å². The van der Waals surface area contributed by atoms with Crippen LogP contribution >= 0.6 is 50.6 Å². The first-order valence-corrected chi connectivity index (χ1v) is 8.38. The number of hydrogen-bond acceptors (Lipinski definition) is 5. The molecule has 7 heteroatoms. The van der Waals surface area contributed by atoms with E-state index in [0.29, 0.717) is 10.3 Å². The lowest BCUT2D eigenvalue weighted by Gasteiger charge is -2.17. The van der Waals surface area contributed by atoms with Gasteiger partial charge in [0.25, 0.3) is 0 Å². The zero-order valence-electron chi connectivity index (χ0n) is 9.85. The van der Waals surface area contributed by atoms with Crippen molar-refractivity contribution in [3.05, 3.63) is 32.0 Å². The molecule has 0 saturated heterocycles. The molecule has 3 nitrogen and oxygen atoms in total. The number of thiophene rings is 1. The molecule has 0 unspecified atom stereocenters. The highest BCUT2D eigenvalue weighted by atomic mass is 79.9. The largest absolute Gasteiger partial charge is 0.354 e. The average molecular weight is 365 g/mol. The fraction of sp³-hybridized carbons (Fsp3) is 0.273. The van der Waals surface area contributed by atoms with E-state index in [1.807, 2.05) is 13.3 Å². The van der Waals surface area contributed by atoms with Crippen molar-refractivity contribution in [2.75, 3.05) is 18.2 Å². The second kappa shape index (κ2) is 6.23. The number of anilines is 1. The van der Waals surface area contributed by atoms with E-state index in [0.717, 1.165) is 16.8 Å². The maximum absolute atomic E-state index is 5.98. The molecule has 2 rings (SSSR count). The van der Waals surface area contributed by atoms with Crippen LogP contribution in [0.3, 0.4) is 0 Å². The standard InChI is InChI=1S/C11H11BrClN3S2/c1-16(5-8-3-7(12)6-18-8)10-4-9(13)14-11(15-10)17-2/h3-4,6H,5H2,1-2H3. The minimum Gasteiger partial charge on any atom is -0.354 e. The van der Waals surface area contributed by atoms with Crippen molar-refractivity contribution in [3.63, 3.8) is 0 Å². The predicted molar refractivity (Wildman–Crippen MR) is 82.9 cm³/mol. The van der Waals surface area contributed by atoms with Crippen molar-refractivity contribution in [2.45, 2.75) is 11.7 Å². The van der Waals surface area contributed by atoms with Gasteiger partial charge in [-0.15, -0.1) is 11.3 Å². The average Bonchev–Trinajstić information content (AvgIpc) is 2.73. The Labute approximate surface area is 128 Å². The van der Waals surface area contributed by atoms with Crippen LogP contribution in [0.25, 0.3) is 0 Å². The predicted octanol–water partition coefficient (Wildman–Crippen LogP) is 4.31. The van der Waals surface area contributed by atoms with Gasteiger partial charge in [-0.05, 0) is 28.3 Å². The maximum atomic E-state index is 5.98. The molecule has 96 valence electrons. The quantitative estimate of drug-likeness (QED) is 0.459.